The van der Waals surface area contributed by atoms with Gasteiger partial charge < -0.3 is 17.8 Å². The molecule has 0 heterocycles. The monoisotopic (exact) mass is 356 g/mol. The van der Waals surface area contributed by atoms with E-state index in [1.54, 1.807) is 0 Å². The predicted molar refractivity (Wildman–Crippen MR) is 105 cm³/mol. The van der Waals surface area contributed by atoms with E-state index in [0.717, 1.165) is 49.5 Å². The summed E-state index contributed by atoms with van der Waals surface area (Å²) in [6.07, 6.45) is 9.41. The Morgan fingerprint density at radius 2 is 1.04 bits per heavy atom. The lowest BCUT2D eigenvalue weighted by Gasteiger charge is -2.41. The molecule has 4 nitrogen and oxygen atoms in total. The molecule has 0 atom stereocenters. The van der Waals surface area contributed by atoms with Gasteiger partial charge in [0, 0.05) is 19.8 Å². The summed E-state index contributed by atoms with van der Waals surface area (Å²) in [7, 11) is -2.78. The third-order valence-electron chi connectivity index (χ3n) is 3.66. The molecule has 0 aromatic rings. The van der Waals surface area contributed by atoms with E-state index in [0.29, 0.717) is 19.8 Å². The van der Waals surface area contributed by atoms with Crippen LogP contribution in [0.15, 0.2) is 38.0 Å². The van der Waals surface area contributed by atoms with E-state index < -0.39 is 8.80 Å². The Labute approximate surface area is 150 Å². The van der Waals surface area contributed by atoms with Crippen molar-refractivity contribution in [3.8, 4) is 0 Å². The summed E-state index contributed by atoms with van der Waals surface area (Å²) in [5.41, 5.74) is 0. The van der Waals surface area contributed by atoms with Crippen LogP contribution in [-0.2, 0) is 13.3 Å². The minimum atomic E-state index is -2.78. The van der Waals surface area contributed by atoms with Gasteiger partial charge in [-0.2, -0.15) is 0 Å². The maximum absolute atomic E-state index is 6.25. The van der Waals surface area contributed by atoms with Gasteiger partial charge in [0.15, 0.2) is 0 Å². The fourth-order valence-electron chi connectivity index (χ4n) is 2.68. The molecule has 5 heteroatoms. The molecule has 0 N–H and O–H groups in total. The summed E-state index contributed by atoms with van der Waals surface area (Å²) in [5, 5.41) is 0. The lowest BCUT2D eigenvalue weighted by Crippen LogP contribution is -2.64. The van der Waals surface area contributed by atoms with Gasteiger partial charge in [0.1, 0.15) is 6.17 Å². The van der Waals surface area contributed by atoms with Crippen molar-refractivity contribution in [1.29, 1.82) is 0 Å². The first-order valence-electron chi connectivity index (χ1n) is 9.17. The van der Waals surface area contributed by atoms with Crippen LogP contribution < -0.4 is 0 Å². The molecule has 0 rings (SSSR count). The quantitative estimate of drug-likeness (QED) is 0.223. The molecule has 0 aliphatic heterocycles. The van der Waals surface area contributed by atoms with E-state index >= 15 is 0 Å². The summed E-state index contributed by atoms with van der Waals surface area (Å²) in [6.45, 7) is 22.6. The average Bonchev–Trinajstić information content (AvgIpc) is 2.57. The van der Waals surface area contributed by atoms with Crippen molar-refractivity contribution in [2.24, 2.45) is 0 Å². The third-order valence-corrected chi connectivity index (χ3v) is 6.65. The highest BCUT2D eigenvalue weighted by molar-refractivity contribution is 6.60. The van der Waals surface area contributed by atoms with E-state index in [4.69, 9.17) is 13.3 Å². The van der Waals surface area contributed by atoms with Crippen molar-refractivity contribution in [2.75, 3.05) is 45.6 Å². The zero-order valence-electron chi connectivity index (χ0n) is 16.1. The van der Waals surface area contributed by atoms with Crippen LogP contribution in [0.4, 0.5) is 0 Å². The molecule has 0 saturated carbocycles. The largest absolute Gasteiger partial charge is 0.559 e. The Balaban J connectivity index is 5.58. The predicted octanol–water partition coefficient (Wildman–Crippen LogP) is 4.12. The summed E-state index contributed by atoms with van der Waals surface area (Å²) < 4.78 is 19.5. The summed E-state index contributed by atoms with van der Waals surface area (Å²) in [6, 6.07) is 0. The van der Waals surface area contributed by atoms with Gasteiger partial charge in [-0.1, -0.05) is 40.5 Å². The molecular weight excluding hydrogens is 318 g/mol. The van der Waals surface area contributed by atoms with E-state index in [1.165, 1.54) is 0 Å². The van der Waals surface area contributed by atoms with Crippen LogP contribution in [0, 0.1) is 0 Å². The number of quaternary nitrogens is 1. The second-order valence-corrected chi connectivity index (χ2v) is 8.69. The first-order chi connectivity index (χ1) is 11.6. The molecule has 0 aliphatic carbocycles. The maximum atomic E-state index is 6.25. The van der Waals surface area contributed by atoms with Crippen LogP contribution in [0.5, 0.6) is 0 Å². The molecule has 0 aromatic heterocycles. The topological polar surface area (TPSA) is 27.7 Å². The van der Waals surface area contributed by atoms with Crippen molar-refractivity contribution in [2.45, 2.75) is 40.0 Å². The van der Waals surface area contributed by atoms with E-state index in [-0.39, 0.29) is 0 Å². The van der Waals surface area contributed by atoms with Crippen LogP contribution in [0.3, 0.4) is 0 Å². The lowest BCUT2D eigenvalue weighted by atomic mass is 10.3. The second-order valence-electron chi connectivity index (χ2n) is 6.14. The zero-order valence-corrected chi connectivity index (χ0v) is 17.1. The molecule has 0 aliphatic rings. The third kappa shape index (κ3) is 8.40. The number of rotatable bonds is 17. The lowest BCUT2D eigenvalue weighted by molar-refractivity contribution is -0.904. The highest BCUT2D eigenvalue weighted by Gasteiger charge is 2.49. The first kappa shape index (κ1) is 23.3. The molecule has 0 spiro atoms. The normalized spacial score (nSPS) is 12.1. The SMILES string of the molecule is C=CC[N+](CC=C)(CC=C)C[Si](OCCC)(OCCC)OCCC. The maximum Gasteiger partial charge on any atom is 0.559 e. The average molecular weight is 357 g/mol. The molecule has 0 aromatic carbocycles. The van der Waals surface area contributed by atoms with Gasteiger partial charge in [0.2, 0.25) is 0 Å². The van der Waals surface area contributed by atoms with Crippen LogP contribution in [-0.4, -0.2) is 58.9 Å². The molecule has 0 saturated heterocycles. The molecule has 140 valence electrons. The highest BCUT2D eigenvalue weighted by atomic mass is 28.4. The van der Waals surface area contributed by atoms with Gasteiger partial charge in [-0.15, -0.1) is 0 Å². The molecule has 0 bridgehead atoms. The number of hydrogen-bond donors (Lipinski definition) is 0. The van der Waals surface area contributed by atoms with E-state index in [1.807, 2.05) is 18.2 Å². The first-order valence-corrected chi connectivity index (χ1v) is 11.1. The van der Waals surface area contributed by atoms with Crippen LogP contribution in [0.2, 0.25) is 0 Å². The van der Waals surface area contributed by atoms with Gasteiger partial charge in [-0.05, 0) is 37.5 Å². The van der Waals surface area contributed by atoms with Gasteiger partial charge in [0.05, 0.1) is 19.6 Å². The van der Waals surface area contributed by atoms with Crippen LogP contribution in [0.1, 0.15) is 40.0 Å². The minimum Gasteiger partial charge on any atom is -0.370 e. The van der Waals surface area contributed by atoms with Crippen molar-refractivity contribution >= 4 is 8.80 Å². The number of nitrogens with zero attached hydrogens (tertiary/aromatic N) is 1. The summed E-state index contributed by atoms with van der Waals surface area (Å²) in [4.78, 5) is 0. The van der Waals surface area contributed by atoms with Crippen molar-refractivity contribution in [3.63, 3.8) is 0 Å². The molecular formula is C19H38NO3Si+. The fourth-order valence-corrected chi connectivity index (χ4v) is 5.96. The van der Waals surface area contributed by atoms with Crippen molar-refractivity contribution < 1.29 is 17.8 Å². The smallest absolute Gasteiger partial charge is 0.370 e. The minimum absolute atomic E-state index is 0.663. The molecule has 0 fully saturated rings. The van der Waals surface area contributed by atoms with E-state index in [2.05, 4.69) is 40.5 Å². The Morgan fingerprint density at radius 3 is 1.29 bits per heavy atom. The second kappa shape index (κ2) is 13.6. The molecule has 0 radical (unpaired) electrons. The van der Waals surface area contributed by atoms with E-state index in [9.17, 15) is 0 Å². The Hall–Kier alpha value is -0.723. The number of hydrogen-bond acceptors (Lipinski definition) is 3. The van der Waals surface area contributed by atoms with Crippen molar-refractivity contribution in [1.82, 2.24) is 0 Å². The summed E-state index contributed by atoms with van der Waals surface area (Å²) >= 11 is 0. The molecule has 24 heavy (non-hydrogen) atoms. The Bertz CT molecular complexity index is 312. The Morgan fingerprint density at radius 1 is 0.708 bits per heavy atom. The molecule has 0 amide bonds. The van der Waals surface area contributed by atoms with Gasteiger partial charge in [0.25, 0.3) is 0 Å². The summed E-state index contributed by atoms with van der Waals surface area (Å²) in [5.74, 6) is 0. The van der Waals surface area contributed by atoms with Gasteiger partial charge in [-0.3, -0.25) is 0 Å². The Kier molecular flexibility index (Phi) is 13.1. The zero-order chi connectivity index (χ0) is 18.3. The fraction of sp³-hybridized carbons (Fsp3) is 0.684. The van der Waals surface area contributed by atoms with Crippen molar-refractivity contribution in [3.05, 3.63) is 38.0 Å². The standard InChI is InChI=1S/C19H38NO3Si/c1-7-13-20(14-8-2,15-9-3)19-24(21-16-10-4,22-17-11-5)23-18-12-6/h7-9H,1-3,10-19H2,4-6H3/q+1. The van der Waals surface area contributed by atoms with Gasteiger partial charge >= 0.3 is 8.80 Å². The van der Waals surface area contributed by atoms with Gasteiger partial charge in [-0.25, -0.2) is 0 Å². The van der Waals surface area contributed by atoms with Crippen LogP contribution >= 0.6 is 0 Å². The van der Waals surface area contributed by atoms with Crippen LogP contribution in [0.25, 0.3) is 0 Å². The highest BCUT2D eigenvalue weighted by Crippen LogP contribution is 2.20. The molecule has 0 unspecified atom stereocenters.